The normalized spacial score (nSPS) is 19.7. The zero-order chi connectivity index (χ0) is 14.4. The van der Waals surface area contributed by atoms with Crippen LogP contribution in [-0.4, -0.2) is 23.4 Å². The molecular formula is C12H11FN2O3S. The van der Waals surface area contributed by atoms with Crippen LogP contribution in [0.1, 0.15) is 25.0 Å². The van der Waals surface area contributed by atoms with E-state index in [1.165, 1.54) is 26.0 Å². The van der Waals surface area contributed by atoms with E-state index in [9.17, 15) is 17.6 Å². The smallest absolute Gasteiger partial charge is 0.259 e. The summed E-state index contributed by atoms with van der Waals surface area (Å²) in [6.07, 6.45) is 0. The lowest BCUT2D eigenvalue weighted by atomic mass is 10.1. The van der Waals surface area contributed by atoms with Gasteiger partial charge in [-0.3, -0.25) is 4.79 Å². The van der Waals surface area contributed by atoms with Crippen LogP contribution in [0, 0.1) is 17.1 Å². The van der Waals surface area contributed by atoms with E-state index in [0.29, 0.717) is 5.56 Å². The maximum Gasteiger partial charge on any atom is 0.259 e. The maximum atomic E-state index is 13.1. The number of rotatable bonds is 2. The second-order valence-electron chi connectivity index (χ2n) is 4.75. The summed E-state index contributed by atoms with van der Waals surface area (Å²) in [6.45, 7) is 2.50. The van der Waals surface area contributed by atoms with Crippen molar-refractivity contribution < 1.29 is 17.6 Å². The Morgan fingerprint density at radius 1 is 1.42 bits per heavy atom. The highest BCUT2D eigenvalue weighted by molar-refractivity contribution is 7.94. The van der Waals surface area contributed by atoms with Gasteiger partial charge in [0, 0.05) is 0 Å². The first-order valence-electron chi connectivity index (χ1n) is 5.47. The van der Waals surface area contributed by atoms with Gasteiger partial charge in [0.05, 0.1) is 12.1 Å². The molecule has 1 aromatic rings. The van der Waals surface area contributed by atoms with Crippen LogP contribution in [0.2, 0.25) is 0 Å². The first kappa shape index (κ1) is 13.5. The van der Waals surface area contributed by atoms with E-state index in [1.54, 1.807) is 6.07 Å². The van der Waals surface area contributed by atoms with Gasteiger partial charge in [-0.25, -0.2) is 17.1 Å². The molecule has 7 heteroatoms. The van der Waals surface area contributed by atoms with Crippen LogP contribution >= 0.6 is 0 Å². The lowest BCUT2D eigenvalue weighted by molar-refractivity contribution is -0.132. The summed E-state index contributed by atoms with van der Waals surface area (Å²) in [5.74, 6) is -1.18. The summed E-state index contributed by atoms with van der Waals surface area (Å²) in [7, 11) is -3.67. The zero-order valence-corrected chi connectivity index (χ0v) is 11.2. The van der Waals surface area contributed by atoms with Crippen molar-refractivity contribution in [1.82, 2.24) is 4.31 Å². The molecule has 1 fully saturated rings. The van der Waals surface area contributed by atoms with Crippen molar-refractivity contribution in [2.75, 3.05) is 0 Å². The summed E-state index contributed by atoms with van der Waals surface area (Å²) >= 11 is 0. The molecule has 1 amide bonds. The molecule has 2 rings (SSSR count). The van der Waals surface area contributed by atoms with Gasteiger partial charge in [0.15, 0.2) is 4.75 Å². The summed E-state index contributed by atoms with van der Waals surface area (Å²) in [5, 5.41) is 8.70. The third kappa shape index (κ3) is 1.79. The van der Waals surface area contributed by atoms with Crippen molar-refractivity contribution in [2.45, 2.75) is 25.1 Å². The van der Waals surface area contributed by atoms with Gasteiger partial charge in [-0.1, -0.05) is 6.07 Å². The molecule has 0 N–H and O–H groups in total. The van der Waals surface area contributed by atoms with Crippen LogP contribution in [-0.2, 0) is 21.4 Å². The molecule has 1 aliphatic heterocycles. The molecule has 1 heterocycles. The van der Waals surface area contributed by atoms with E-state index < -0.39 is 26.5 Å². The van der Waals surface area contributed by atoms with Crippen LogP contribution in [0.3, 0.4) is 0 Å². The average Bonchev–Trinajstić information content (AvgIpc) is 2.36. The van der Waals surface area contributed by atoms with Gasteiger partial charge in [0.1, 0.15) is 11.9 Å². The Morgan fingerprint density at radius 2 is 2.05 bits per heavy atom. The summed E-state index contributed by atoms with van der Waals surface area (Å²) < 4.78 is 36.2. The van der Waals surface area contributed by atoms with Gasteiger partial charge in [-0.2, -0.15) is 5.26 Å². The third-order valence-electron chi connectivity index (χ3n) is 3.15. The van der Waals surface area contributed by atoms with E-state index in [-0.39, 0.29) is 12.1 Å². The number of hydrogen-bond donors (Lipinski definition) is 0. The van der Waals surface area contributed by atoms with E-state index in [1.807, 2.05) is 0 Å². The summed E-state index contributed by atoms with van der Waals surface area (Å²) in [4.78, 5) is 11.7. The monoisotopic (exact) mass is 282 g/mol. The number of sulfonamides is 1. The fourth-order valence-electron chi connectivity index (χ4n) is 1.84. The predicted molar refractivity (Wildman–Crippen MR) is 64.7 cm³/mol. The van der Waals surface area contributed by atoms with Crippen LogP contribution in [0.15, 0.2) is 18.2 Å². The molecule has 100 valence electrons. The van der Waals surface area contributed by atoms with Crippen molar-refractivity contribution in [3.05, 3.63) is 35.1 Å². The van der Waals surface area contributed by atoms with Gasteiger partial charge >= 0.3 is 0 Å². The van der Waals surface area contributed by atoms with Gasteiger partial charge < -0.3 is 0 Å². The van der Waals surface area contributed by atoms with Crippen molar-refractivity contribution in [3.8, 4) is 6.07 Å². The fraction of sp³-hybridized carbons (Fsp3) is 0.333. The van der Waals surface area contributed by atoms with E-state index in [0.717, 1.165) is 10.4 Å². The fourth-order valence-corrected chi connectivity index (χ4v) is 3.35. The van der Waals surface area contributed by atoms with Gasteiger partial charge in [-0.05, 0) is 31.5 Å². The van der Waals surface area contributed by atoms with Gasteiger partial charge in [0.25, 0.3) is 15.9 Å². The molecule has 0 unspecified atom stereocenters. The average molecular weight is 282 g/mol. The number of benzene rings is 1. The quantitative estimate of drug-likeness (QED) is 0.815. The standard InChI is InChI=1S/C12H11FN2O3S/c1-12(2)11(16)15(19(12,17)18)7-8-3-4-10(13)9(5-8)6-14/h3-5H,7H2,1-2H3. The highest BCUT2D eigenvalue weighted by atomic mass is 32.2. The van der Waals surface area contributed by atoms with E-state index >= 15 is 0 Å². The molecule has 1 saturated heterocycles. The van der Waals surface area contributed by atoms with Crippen molar-refractivity contribution >= 4 is 15.9 Å². The first-order chi connectivity index (χ1) is 8.71. The topological polar surface area (TPSA) is 78.2 Å². The number of carbonyl (C=O) groups excluding carboxylic acids is 1. The molecule has 0 aliphatic carbocycles. The summed E-state index contributed by atoms with van der Waals surface area (Å²) in [5.41, 5.74) is 0.215. The Kier molecular flexibility index (Phi) is 2.86. The molecule has 19 heavy (non-hydrogen) atoms. The second-order valence-corrected chi connectivity index (χ2v) is 7.16. The minimum absolute atomic E-state index is 0.179. The zero-order valence-electron chi connectivity index (χ0n) is 10.3. The van der Waals surface area contributed by atoms with E-state index in [2.05, 4.69) is 0 Å². The van der Waals surface area contributed by atoms with E-state index in [4.69, 9.17) is 5.26 Å². The molecule has 0 radical (unpaired) electrons. The number of hydrogen-bond acceptors (Lipinski definition) is 4. The number of halogens is 1. The highest BCUT2D eigenvalue weighted by Crippen LogP contribution is 2.36. The largest absolute Gasteiger partial charge is 0.272 e. The van der Waals surface area contributed by atoms with Crippen LogP contribution in [0.4, 0.5) is 4.39 Å². The molecule has 5 nitrogen and oxygen atoms in total. The van der Waals surface area contributed by atoms with Gasteiger partial charge in [0.2, 0.25) is 0 Å². The first-order valence-corrected chi connectivity index (χ1v) is 6.91. The minimum atomic E-state index is -3.67. The number of nitrogens with zero attached hydrogens (tertiary/aromatic N) is 2. The molecular weight excluding hydrogens is 271 g/mol. The van der Waals surface area contributed by atoms with Crippen molar-refractivity contribution in [3.63, 3.8) is 0 Å². The highest BCUT2D eigenvalue weighted by Gasteiger charge is 2.59. The summed E-state index contributed by atoms with van der Waals surface area (Å²) in [6, 6.07) is 5.34. The molecule has 0 aromatic heterocycles. The van der Waals surface area contributed by atoms with Gasteiger partial charge in [-0.15, -0.1) is 0 Å². The molecule has 1 aromatic carbocycles. The van der Waals surface area contributed by atoms with Crippen LogP contribution in [0.25, 0.3) is 0 Å². The van der Waals surface area contributed by atoms with Crippen LogP contribution in [0.5, 0.6) is 0 Å². The third-order valence-corrected chi connectivity index (χ3v) is 5.49. The Labute approximate surface area is 110 Å². The maximum absolute atomic E-state index is 13.1. The molecule has 0 spiro atoms. The van der Waals surface area contributed by atoms with Crippen molar-refractivity contribution in [2.24, 2.45) is 0 Å². The predicted octanol–water partition coefficient (Wildman–Crippen LogP) is 1.15. The Balaban J connectivity index is 2.30. The minimum Gasteiger partial charge on any atom is -0.272 e. The van der Waals surface area contributed by atoms with Crippen LogP contribution < -0.4 is 0 Å². The molecule has 0 atom stereocenters. The molecule has 0 bridgehead atoms. The lowest BCUT2D eigenvalue weighted by Crippen LogP contribution is -2.66. The Bertz CT molecular complexity index is 704. The lowest BCUT2D eigenvalue weighted by Gasteiger charge is -2.43. The number of nitriles is 1. The Hall–Kier alpha value is -1.94. The molecule has 1 aliphatic rings. The SMILES string of the molecule is CC1(C)C(=O)N(Cc2ccc(F)c(C#N)c2)S1(=O)=O. The molecule has 0 saturated carbocycles. The second kappa shape index (κ2) is 4.03. The number of carbonyl (C=O) groups is 1. The number of amides is 1. The Morgan fingerprint density at radius 3 is 2.58 bits per heavy atom. The van der Waals surface area contributed by atoms with Crippen molar-refractivity contribution in [1.29, 1.82) is 5.26 Å².